The van der Waals surface area contributed by atoms with Crippen LogP contribution >= 0.6 is 11.3 Å². The zero-order valence-electron chi connectivity index (χ0n) is 17.3. The third-order valence-corrected chi connectivity index (χ3v) is 7.38. The van der Waals surface area contributed by atoms with Gasteiger partial charge in [0.05, 0.1) is 11.9 Å². The Morgan fingerprint density at radius 1 is 0.969 bits per heavy atom. The van der Waals surface area contributed by atoms with Crippen LogP contribution in [-0.4, -0.2) is 24.9 Å². The van der Waals surface area contributed by atoms with E-state index in [1.165, 1.54) is 15.0 Å². The largest absolute Gasteiger partial charge is 0.352 e. The molecule has 0 N–H and O–H groups in total. The molecule has 0 spiro atoms. The number of hydrogen-bond donors (Lipinski definition) is 0. The predicted molar refractivity (Wildman–Crippen MR) is 125 cm³/mol. The molecule has 2 aromatic carbocycles. The molecular formula is C25H20N4O2S. The molecule has 0 saturated carbocycles. The van der Waals surface area contributed by atoms with Crippen LogP contribution in [0.3, 0.4) is 0 Å². The molecule has 3 heterocycles. The van der Waals surface area contributed by atoms with Gasteiger partial charge in [-0.25, -0.2) is 9.78 Å². The maximum absolute atomic E-state index is 13.5. The Hall–Kier alpha value is -3.58. The van der Waals surface area contributed by atoms with Gasteiger partial charge in [0, 0.05) is 16.0 Å². The summed E-state index contributed by atoms with van der Waals surface area (Å²) >= 11 is 1.63. The number of nitrogens with zero attached hydrogens (tertiary/aromatic N) is 4. The zero-order chi connectivity index (χ0) is 21.7. The molecule has 5 aromatic rings. The third-order valence-electron chi connectivity index (χ3n) is 6.07. The van der Waals surface area contributed by atoms with Crippen molar-refractivity contribution in [2.45, 2.75) is 32.2 Å². The molecule has 0 atom stereocenters. The number of carbonyl (C=O) groups is 1. The maximum atomic E-state index is 13.5. The molecule has 0 radical (unpaired) electrons. The Labute approximate surface area is 187 Å². The first-order valence-corrected chi connectivity index (χ1v) is 11.6. The van der Waals surface area contributed by atoms with Crippen LogP contribution in [0, 0.1) is 0 Å². The van der Waals surface area contributed by atoms with Gasteiger partial charge >= 0.3 is 5.69 Å². The van der Waals surface area contributed by atoms with Gasteiger partial charge in [-0.1, -0.05) is 60.7 Å². The molecule has 0 aliphatic heterocycles. The van der Waals surface area contributed by atoms with Crippen LogP contribution in [-0.2, 0) is 19.4 Å². The number of thiophene rings is 1. The van der Waals surface area contributed by atoms with Crippen LogP contribution in [0.2, 0.25) is 0 Å². The van der Waals surface area contributed by atoms with Crippen molar-refractivity contribution < 1.29 is 4.79 Å². The van der Waals surface area contributed by atoms with Gasteiger partial charge in [0.15, 0.2) is 17.3 Å². The van der Waals surface area contributed by atoms with Gasteiger partial charge in [-0.15, -0.1) is 16.4 Å². The van der Waals surface area contributed by atoms with Crippen LogP contribution in [0.25, 0.3) is 27.3 Å². The minimum atomic E-state index is -0.329. The number of carbonyl (C=O) groups excluding carboxylic acids is 1. The van der Waals surface area contributed by atoms with Crippen LogP contribution in [0.1, 0.15) is 33.6 Å². The SMILES string of the molecule is O=C(Cn1c(=O)n2nc(-c3ccccc3)nc2c2c3c(sc21)CCCC3)c1ccccc1. The van der Waals surface area contributed by atoms with E-state index in [9.17, 15) is 9.59 Å². The Morgan fingerprint density at radius 2 is 1.69 bits per heavy atom. The second-order valence-electron chi connectivity index (χ2n) is 8.09. The highest BCUT2D eigenvalue weighted by atomic mass is 32.1. The fourth-order valence-corrected chi connectivity index (χ4v) is 5.87. The zero-order valence-corrected chi connectivity index (χ0v) is 18.1. The standard InChI is InChI=1S/C25H20N4O2S/c30-19(16-9-3-1-4-10-16)15-28-24-21(18-13-7-8-14-20(18)32-24)23-26-22(27-29(23)25(28)31)17-11-5-2-6-12-17/h1-6,9-12H,7-8,13-15H2. The highest BCUT2D eigenvalue weighted by Crippen LogP contribution is 2.38. The predicted octanol–water partition coefficient (Wildman–Crippen LogP) is 4.53. The van der Waals surface area contributed by atoms with Crippen molar-refractivity contribution in [3.05, 3.63) is 87.2 Å². The Kier molecular flexibility index (Phi) is 4.50. The van der Waals surface area contributed by atoms with Crippen molar-refractivity contribution in [1.29, 1.82) is 0 Å². The average molecular weight is 441 g/mol. The second kappa shape index (κ2) is 7.53. The molecule has 158 valence electrons. The molecule has 6 nitrogen and oxygen atoms in total. The van der Waals surface area contributed by atoms with Crippen LogP contribution in [0.15, 0.2) is 65.5 Å². The van der Waals surface area contributed by atoms with E-state index in [1.807, 2.05) is 48.5 Å². The highest BCUT2D eigenvalue weighted by molar-refractivity contribution is 7.19. The lowest BCUT2D eigenvalue weighted by molar-refractivity contribution is 0.0972. The molecular weight excluding hydrogens is 420 g/mol. The lowest BCUT2D eigenvalue weighted by atomic mass is 9.97. The van der Waals surface area contributed by atoms with E-state index in [0.29, 0.717) is 17.0 Å². The molecule has 3 aromatic heterocycles. The lowest BCUT2D eigenvalue weighted by Crippen LogP contribution is -2.30. The van der Waals surface area contributed by atoms with Gasteiger partial charge in [0.2, 0.25) is 0 Å². The molecule has 32 heavy (non-hydrogen) atoms. The maximum Gasteiger partial charge on any atom is 0.352 e. The van der Waals surface area contributed by atoms with Crippen molar-refractivity contribution in [1.82, 2.24) is 19.2 Å². The van der Waals surface area contributed by atoms with Crippen molar-refractivity contribution in [3.8, 4) is 11.4 Å². The number of fused-ring (bicyclic) bond motifs is 5. The first kappa shape index (κ1) is 19.1. The number of aromatic nitrogens is 4. The first-order valence-electron chi connectivity index (χ1n) is 10.8. The number of Topliss-reactive ketones (excluding diaryl/α,β-unsaturated/α-hetero) is 1. The number of hydrogen-bond acceptors (Lipinski definition) is 5. The lowest BCUT2D eigenvalue weighted by Gasteiger charge is -2.11. The quantitative estimate of drug-likeness (QED) is 0.385. The summed E-state index contributed by atoms with van der Waals surface area (Å²) in [5.74, 6) is 0.426. The van der Waals surface area contributed by atoms with Gasteiger partial charge in [-0.3, -0.25) is 9.36 Å². The first-order chi connectivity index (χ1) is 15.7. The molecule has 1 aliphatic carbocycles. The summed E-state index contributed by atoms with van der Waals surface area (Å²) in [4.78, 5) is 33.5. The summed E-state index contributed by atoms with van der Waals surface area (Å²) in [7, 11) is 0. The Morgan fingerprint density at radius 3 is 2.47 bits per heavy atom. The molecule has 0 amide bonds. The van der Waals surface area contributed by atoms with Crippen molar-refractivity contribution >= 4 is 33.0 Å². The van der Waals surface area contributed by atoms with Crippen molar-refractivity contribution in [3.63, 3.8) is 0 Å². The summed E-state index contributed by atoms with van der Waals surface area (Å²) < 4.78 is 2.97. The van der Waals surface area contributed by atoms with E-state index in [1.54, 1.807) is 28.0 Å². The summed E-state index contributed by atoms with van der Waals surface area (Å²) in [5.41, 5.74) is 2.98. The second-order valence-corrected chi connectivity index (χ2v) is 9.17. The summed E-state index contributed by atoms with van der Waals surface area (Å²) in [6, 6.07) is 18.8. The minimum absolute atomic E-state index is 0.0186. The van der Waals surface area contributed by atoms with Crippen LogP contribution in [0.4, 0.5) is 0 Å². The Bertz CT molecular complexity index is 1530. The monoisotopic (exact) mass is 440 g/mol. The fraction of sp³-hybridized carbons (Fsp3) is 0.200. The number of ketones is 1. The van der Waals surface area contributed by atoms with Gasteiger partial charge in [-0.2, -0.15) is 4.52 Å². The van der Waals surface area contributed by atoms with Gasteiger partial charge in [0.1, 0.15) is 4.83 Å². The number of aryl methyl sites for hydroxylation is 2. The fourth-order valence-electron chi connectivity index (χ4n) is 4.49. The molecule has 0 bridgehead atoms. The molecule has 0 saturated heterocycles. The van der Waals surface area contributed by atoms with Gasteiger partial charge < -0.3 is 0 Å². The van der Waals surface area contributed by atoms with Crippen LogP contribution in [0.5, 0.6) is 0 Å². The normalized spacial score (nSPS) is 13.5. The molecule has 6 rings (SSSR count). The van der Waals surface area contributed by atoms with Crippen molar-refractivity contribution in [2.24, 2.45) is 0 Å². The highest BCUT2D eigenvalue weighted by Gasteiger charge is 2.25. The topological polar surface area (TPSA) is 69.3 Å². The average Bonchev–Trinajstić information content (AvgIpc) is 3.45. The summed E-state index contributed by atoms with van der Waals surface area (Å²) in [6.07, 6.45) is 4.22. The van der Waals surface area contributed by atoms with Crippen LogP contribution < -0.4 is 5.69 Å². The van der Waals surface area contributed by atoms with Crippen molar-refractivity contribution in [2.75, 3.05) is 0 Å². The molecule has 1 aliphatic rings. The molecule has 7 heteroatoms. The molecule has 0 fully saturated rings. The van der Waals surface area contributed by atoms with Gasteiger partial charge in [-0.05, 0) is 31.2 Å². The minimum Gasteiger partial charge on any atom is -0.292 e. The number of rotatable bonds is 4. The van der Waals surface area contributed by atoms with E-state index >= 15 is 0 Å². The number of benzene rings is 2. The van der Waals surface area contributed by atoms with E-state index in [4.69, 9.17) is 4.98 Å². The van der Waals surface area contributed by atoms with E-state index < -0.39 is 0 Å². The summed E-state index contributed by atoms with van der Waals surface area (Å²) in [5, 5.41) is 5.54. The third kappa shape index (κ3) is 3.00. The Balaban J connectivity index is 1.61. The molecule has 0 unspecified atom stereocenters. The van der Waals surface area contributed by atoms with E-state index in [0.717, 1.165) is 41.5 Å². The van der Waals surface area contributed by atoms with Gasteiger partial charge in [0.25, 0.3) is 0 Å². The van der Waals surface area contributed by atoms with E-state index in [2.05, 4.69) is 5.10 Å². The van der Waals surface area contributed by atoms with E-state index in [-0.39, 0.29) is 18.0 Å². The summed E-state index contributed by atoms with van der Waals surface area (Å²) in [6.45, 7) is -0.0186. The smallest absolute Gasteiger partial charge is 0.292 e.